The first-order valence-corrected chi connectivity index (χ1v) is 7.49. The van der Waals surface area contributed by atoms with E-state index in [4.69, 9.17) is 4.74 Å². The number of hydrogen-bond donors (Lipinski definition) is 1. The second-order valence-corrected chi connectivity index (χ2v) is 5.58. The van der Waals surface area contributed by atoms with Gasteiger partial charge in [0, 0.05) is 19.2 Å². The standard InChI is InChI=1S/C17H29NO/c1-5-6-12-16(15-10-8-7-9-11-15)18-17(13-19-4)14(2)3/h7-11,14,16-18H,5-6,12-13H2,1-4H3. The first kappa shape index (κ1) is 16.2. The van der Waals surface area contributed by atoms with E-state index < -0.39 is 0 Å². The highest BCUT2D eigenvalue weighted by Crippen LogP contribution is 2.21. The predicted molar refractivity (Wildman–Crippen MR) is 82.3 cm³/mol. The van der Waals surface area contributed by atoms with Crippen LogP contribution >= 0.6 is 0 Å². The van der Waals surface area contributed by atoms with Gasteiger partial charge in [-0.15, -0.1) is 0 Å². The number of rotatable bonds is 9. The van der Waals surface area contributed by atoms with Crippen LogP contribution in [0.25, 0.3) is 0 Å². The molecule has 0 heterocycles. The largest absolute Gasteiger partial charge is 0.383 e. The Morgan fingerprint density at radius 1 is 1.16 bits per heavy atom. The highest BCUT2D eigenvalue weighted by Gasteiger charge is 2.19. The lowest BCUT2D eigenvalue weighted by molar-refractivity contribution is 0.139. The van der Waals surface area contributed by atoms with E-state index in [-0.39, 0.29) is 0 Å². The van der Waals surface area contributed by atoms with Crippen molar-refractivity contribution in [1.29, 1.82) is 0 Å². The molecule has 0 radical (unpaired) electrons. The molecular formula is C17H29NO. The average molecular weight is 263 g/mol. The van der Waals surface area contributed by atoms with Crippen LogP contribution in [0.5, 0.6) is 0 Å². The zero-order valence-electron chi connectivity index (χ0n) is 12.9. The Balaban J connectivity index is 2.73. The van der Waals surface area contributed by atoms with Gasteiger partial charge in [-0.1, -0.05) is 63.9 Å². The number of ether oxygens (including phenoxy) is 1. The third-order valence-electron chi connectivity index (χ3n) is 3.61. The summed E-state index contributed by atoms with van der Waals surface area (Å²) in [6.07, 6.45) is 3.68. The van der Waals surface area contributed by atoms with Crippen molar-refractivity contribution in [2.24, 2.45) is 5.92 Å². The summed E-state index contributed by atoms with van der Waals surface area (Å²) in [5.41, 5.74) is 1.39. The zero-order valence-corrected chi connectivity index (χ0v) is 12.9. The van der Waals surface area contributed by atoms with Crippen LogP contribution in [-0.2, 0) is 4.74 Å². The molecule has 108 valence electrons. The molecule has 1 rings (SSSR count). The number of unbranched alkanes of at least 4 members (excludes halogenated alkanes) is 1. The number of methoxy groups -OCH3 is 1. The molecule has 2 unspecified atom stereocenters. The van der Waals surface area contributed by atoms with Crippen LogP contribution in [0.15, 0.2) is 30.3 Å². The van der Waals surface area contributed by atoms with Crippen molar-refractivity contribution >= 4 is 0 Å². The Kier molecular flexibility index (Phi) is 7.76. The van der Waals surface area contributed by atoms with Gasteiger partial charge >= 0.3 is 0 Å². The molecular weight excluding hydrogens is 234 g/mol. The molecule has 2 atom stereocenters. The van der Waals surface area contributed by atoms with Gasteiger partial charge in [0.25, 0.3) is 0 Å². The van der Waals surface area contributed by atoms with Crippen molar-refractivity contribution in [3.8, 4) is 0 Å². The zero-order chi connectivity index (χ0) is 14.1. The summed E-state index contributed by atoms with van der Waals surface area (Å²) in [4.78, 5) is 0. The Morgan fingerprint density at radius 3 is 2.37 bits per heavy atom. The quantitative estimate of drug-likeness (QED) is 0.721. The number of nitrogens with one attached hydrogen (secondary N) is 1. The molecule has 2 nitrogen and oxygen atoms in total. The van der Waals surface area contributed by atoms with Gasteiger partial charge in [0.05, 0.1) is 6.61 Å². The van der Waals surface area contributed by atoms with Crippen molar-refractivity contribution in [2.45, 2.75) is 52.1 Å². The lowest BCUT2D eigenvalue weighted by Crippen LogP contribution is -2.40. The monoisotopic (exact) mass is 263 g/mol. The molecule has 0 aliphatic carbocycles. The molecule has 0 fully saturated rings. The minimum absolute atomic E-state index is 0.409. The fourth-order valence-electron chi connectivity index (χ4n) is 2.31. The molecule has 1 aromatic carbocycles. The fourth-order valence-corrected chi connectivity index (χ4v) is 2.31. The van der Waals surface area contributed by atoms with E-state index >= 15 is 0 Å². The van der Waals surface area contributed by atoms with Gasteiger partial charge < -0.3 is 10.1 Å². The van der Waals surface area contributed by atoms with Crippen molar-refractivity contribution < 1.29 is 4.74 Å². The maximum Gasteiger partial charge on any atom is 0.0618 e. The second-order valence-electron chi connectivity index (χ2n) is 5.58. The highest BCUT2D eigenvalue weighted by atomic mass is 16.5. The summed E-state index contributed by atoms with van der Waals surface area (Å²) in [5.74, 6) is 0.577. The minimum Gasteiger partial charge on any atom is -0.383 e. The van der Waals surface area contributed by atoms with Gasteiger partial charge in [-0.25, -0.2) is 0 Å². The van der Waals surface area contributed by atoms with Crippen molar-refractivity contribution in [3.63, 3.8) is 0 Å². The maximum absolute atomic E-state index is 5.34. The molecule has 0 aliphatic heterocycles. The van der Waals surface area contributed by atoms with Crippen LogP contribution in [0.3, 0.4) is 0 Å². The number of hydrogen-bond acceptors (Lipinski definition) is 2. The van der Waals surface area contributed by atoms with E-state index in [1.54, 1.807) is 7.11 Å². The maximum atomic E-state index is 5.34. The molecule has 2 heteroatoms. The molecule has 1 N–H and O–H groups in total. The van der Waals surface area contributed by atoms with Gasteiger partial charge in [-0.3, -0.25) is 0 Å². The van der Waals surface area contributed by atoms with E-state index in [9.17, 15) is 0 Å². The van der Waals surface area contributed by atoms with E-state index in [1.165, 1.54) is 24.8 Å². The van der Waals surface area contributed by atoms with Gasteiger partial charge in [-0.2, -0.15) is 0 Å². The highest BCUT2D eigenvalue weighted by molar-refractivity contribution is 5.19. The Morgan fingerprint density at radius 2 is 1.84 bits per heavy atom. The van der Waals surface area contributed by atoms with E-state index in [1.807, 2.05) is 0 Å². The lowest BCUT2D eigenvalue weighted by Gasteiger charge is -2.28. The fraction of sp³-hybridized carbons (Fsp3) is 0.647. The van der Waals surface area contributed by atoms with Crippen molar-refractivity contribution in [1.82, 2.24) is 5.32 Å². The summed E-state index contributed by atoms with van der Waals surface area (Å²) in [5, 5.41) is 3.78. The molecule has 1 aromatic rings. The molecule has 0 bridgehead atoms. The Labute approximate surface area is 118 Å². The van der Waals surface area contributed by atoms with E-state index in [0.717, 1.165) is 6.61 Å². The van der Waals surface area contributed by atoms with Gasteiger partial charge in [-0.05, 0) is 17.9 Å². The Bertz CT molecular complexity index is 323. The molecule has 0 aliphatic rings. The first-order valence-electron chi connectivity index (χ1n) is 7.49. The minimum atomic E-state index is 0.409. The lowest BCUT2D eigenvalue weighted by atomic mass is 9.97. The Hall–Kier alpha value is -0.860. The second kappa shape index (κ2) is 9.11. The van der Waals surface area contributed by atoms with Crippen LogP contribution in [-0.4, -0.2) is 19.8 Å². The molecule has 0 saturated carbocycles. The molecule has 0 amide bonds. The number of benzene rings is 1. The molecule has 0 aromatic heterocycles. The summed E-state index contributed by atoms with van der Waals surface area (Å²) < 4.78 is 5.34. The SMILES string of the molecule is CCCCC(NC(COC)C(C)C)c1ccccc1. The van der Waals surface area contributed by atoms with Crippen LogP contribution in [0.4, 0.5) is 0 Å². The van der Waals surface area contributed by atoms with Crippen LogP contribution in [0.2, 0.25) is 0 Å². The molecule has 0 spiro atoms. The topological polar surface area (TPSA) is 21.3 Å². The smallest absolute Gasteiger partial charge is 0.0618 e. The summed E-state index contributed by atoms with van der Waals surface area (Å²) >= 11 is 0. The third kappa shape index (κ3) is 5.75. The predicted octanol–water partition coefficient (Wildman–Crippen LogP) is 4.18. The summed E-state index contributed by atoms with van der Waals surface area (Å²) in [7, 11) is 1.78. The third-order valence-corrected chi connectivity index (χ3v) is 3.61. The van der Waals surface area contributed by atoms with E-state index in [2.05, 4.69) is 56.4 Å². The van der Waals surface area contributed by atoms with Crippen molar-refractivity contribution in [3.05, 3.63) is 35.9 Å². The van der Waals surface area contributed by atoms with Crippen molar-refractivity contribution in [2.75, 3.05) is 13.7 Å². The van der Waals surface area contributed by atoms with Crippen LogP contribution < -0.4 is 5.32 Å². The van der Waals surface area contributed by atoms with Gasteiger partial charge in [0.2, 0.25) is 0 Å². The van der Waals surface area contributed by atoms with Gasteiger partial charge in [0.15, 0.2) is 0 Å². The van der Waals surface area contributed by atoms with Gasteiger partial charge in [0.1, 0.15) is 0 Å². The molecule has 19 heavy (non-hydrogen) atoms. The first-order chi connectivity index (χ1) is 9.19. The van der Waals surface area contributed by atoms with Crippen LogP contribution in [0, 0.1) is 5.92 Å². The average Bonchev–Trinajstić information content (AvgIpc) is 2.43. The molecule has 0 saturated heterocycles. The summed E-state index contributed by atoms with van der Waals surface area (Å²) in [6, 6.07) is 11.6. The normalized spacial score (nSPS) is 14.6. The summed E-state index contributed by atoms with van der Waals surface area (Å²) in [6.45, 7) is 7.52. The van der Waals surface area contributed by atoms with Crippen LogP contribution in [0.1, 0.15) is 51.6 Å². The van der Waals surface area contributed by atoms with E-state index in [0.29, 0.717) is 18.0 Å².